The van der Waals surface area contributed by atoms with Crippen LogP contribution < -0.4 is 10.6 Å². The summed E-state index contributed by atoms with van der Waals surface area (Å²) in [7, 11) is 0. The van der Waals surface area contributed by atoms with Crippen molar-refractivity contribution in [2.24, 2.45) is 0 Å². The van der Waals surface area contributed by atoms with Gasteiger partial charge in [0.2, 0.25) is 5.91 Å². The number of aryl methyl sites for hydroxylation is 3. The molecule has 0 saturated heterocycles. The van der Waals surface area contributed by atoms with Crippen molar-refractivity contribution in [2.45, 2.75) is 40.8 Å². The number of carbonyl (C=O) groups is 1. The first kappa shape index (κ1) is 18.2. The van der Waals surface area contributed by atoms with Crippen LogP contribution in [0.4, 0.5) is 5.69 Å². The Hall–Kier alpha value is -2.18. The van der Waals surface area contributed by atoms with Crippen molar-refractivity contribution in [1.29, 1.82) is 0 Å². The maximum absolute atomic E-state index is 12.2. The lowest BCUT2D eigenvalue weighted by molar-refractivity contribution is -0.115. The molecule has 1 aromatic carbocycles. The summed E-state index contributed by atoms with van der Waals surface area (Å²) in [6, 6.07) is 5.95. The average Bonchev–Trinajstić information content (AvgIpc) is 2.79. The van der Waals surface area contributed by atoms with Crippen LogP contribution in [0.1, 0.15) is 28.1 Å². The Morgan fingerprint density at radius 3 is 2.50 bits per heavy atom. The number of aliphatic hydroxyl groups excluding tert-OH is 1. The van der Waals surface area contributed by atoms with Crippen LogP contribution in [0.3, 0.4) is 0 Å². The number of aliphatic hydroxyl groups is 1. The number of carbonyl (C=O) groups excluding carboxylic acids is 1. The molecule has 6 nitrogen and oxygen atoms in total. The molecule has 0 saturated carbocycles. The van der Waals surface area contributed by atoms with E-state index in [2.05, 4.69) is 15.7 Å². The minimum absolute atomic E-state index is 0.0625. The average molecular weight is 330 g/mol. The van der Waals surface area contributed by atoms with Crippen LogP contribution in [0.15, 0.2) is 18.2 Å². The molecule has 130 valence electrons. The Balaban J connectivity index is 1.91. The predicted octanol–water partition coefficient (Wildman–Crippen LogP) is 1.84. The van der Waals surface area contributed by atoms with E-state index in [0.29, 0.717) is 13.1 Å². The second-order valence-corrected chi connectivity index (χ2v) is 6.01. The monoisotopic (exact) mass is 330 g/mol. The zero-order valence-electron chi connectivity index (χ0n) is 14.8. The van der Waals surface area contributed by atoms with E-state index in [1.54, 1.807) is 4.68 Å². The van der Waals surface area contributed by atoms with Crippen LogP contribution in [-0.2, 0) is 17.9 Å². The summed E-state index contributed by atoms with van der Waals surface area (Å²) in [5, 5.41) is 19.6. The highest BCUT2D eigenvalue weighted by molar-refractivity contribution is 5.93. The maximum atomic E-state index is 12.2. The van der Waals surface area contributed by atoms with Crippen molar-refractivity contribution in [2.75, 3.05) is 18.5 Å². The predicted molar refractivity (Wildman–Crippen MR) is 95.0 cm³/mol. The topological polar surface area (TPSA) is 79.2 Å². The first-order valence-corrected chi connectivity index (χ1v) is 8.14. The molecule has 0 radical (unpaired) electrons. The van der Waals surface area contributed by atoms with Gasteiger partial charge in [-0.15, -0.1) is 0 Å². The van der Waals surface area contributed by atoms with Crippen LogP contribution >= 0.6 is 0 Å². The third-order valence-electron chi connectivity index (χ3n) is 4.18. The Morgan fingerprint density at radius 2 is 1.88 bits per heavy atom. The lowest BCUT2D eigenvalue weighted by Gasteiger charge is -2.12. The van der Waals surface area contributed by atoms with Crippen molar-refractivity contribution in [1.82, 2.24) is 15.1 Å². The fourth-order valence-corrected chi connectivity index (χ4v) is 2.80. The number of benzene rings is 1. The van der Waals surface area contributed by atoms with Gasteiger partial charge in [-0.25, -0.2) is 0 Å². The lowest BCUT2D eigenvalue weighted by atomic mass is 10.1. The number of nitrogens with one attached hydrogen (secondary N) is 2. The van der Waals surface area contributed by atoms with Crippen LogP contribution in [-0.4, -0.2) is 33.9 Å². The molecule has 0 aliphatic rings. The number of hydrogen-bond donors (Lipinski definition) is 3. The van der Waals surface area contributed by atoms with Crippen molar-refractivity contribution >= 4 is 11.6 Å². The highest BCUT2D eigenvalue weighted by Gasteiger charge is 2.12. The maximum Gasteiger partial charge on any atom is 0.238 e. The number of nitrogens with zero attached hydrogens (tertiary/aromatic N) is 2. The quantitative estimate of drug-likeness (QED) is 0.724. The van der Waals surface area contributed by atoms with E-state index in [1.165, 1.54) is 0 Å². The number of hydrogen-bond acceptors (Lipinski definition) is 4. The summed E-state index contributed by atoms with van der Waals surface area (Å²) in [5.41, 5.74) is 6.00. The summed E-state index contributed by atoms with van der Waals surface area (Å²) in [6.07, 6.45) is 0. The molecule has 0 aliphatic carbocycles. The van der Waals surface area contributed by atoms with E-state index in [9.17, 15) is 4.79 Å². The molecule has 2 aromatic rings. The Kier molecular flexibility index (Phi) is 6.11. The van der Waals surface area contributed by atoms with Crippen LogP contribution in [0.25, 0.3) is 0 Å². The molecule has 1 amide bonds. The van der Waals surface area contributed by atoms with E-state index >= 15 is 0 Å². The third-order valence-corrected chi connectivity index (χ3v) is 4.18. The number of rotatable bonds is 7. The van der Waals surface area contributed by atoms with E-state index in [4.69, 9.17) is 5.11 Å². The first-order chi connectivity index (χ1) is 11.4. The van der Waals surface area contributed by atoms with Gasteiger partial charge in [0.25, 0.3) is 0 Å². The van der Waals surface area contributed by atoms with Crippen LogP contribution in [0.5, 0.6) is 0 Å². The highest BCUT2D eigenvalue weighted by atomic mass is 16.3. The summed E-state index contributed by atoms with van der Waals surface area (Å²) in [6.45, 7) is 9.24. The summed E-state index contributed by atoms with van der Waals surface area (Å²) in [4.78, 5) is 12.2. The van der Waals surface area contributed by atoms with E-state index in [1.807, 2.05) is 45.9 Å². The standard InChI is InChI=1S/C18H26N4O2/c1-12-6-5-7-13(2)18(12)20-17(24)11-19-10-16-14(3)21-22(8-9-23)15(16)4/h5-7,19,23H,8-11H2,1-4H3,(H,20,24). The molecule has 0 unspecified atom stereocenters. The molecule has 0 fully saturated rings. The first-order valence-electron chi connectivity index (χ1n) is 8.14. The van der Waals surface area contributed by atoms with Gasteiger partial charge in [-0.3, -0.25) is 9.48 Å². The molecular weight excluding hydrogens is 304 g/mol. The minimum Gasteiger partial charge on any atom is -0.394 e. The molecule has 3 N–H and O–H groups in total. The van der Waals surface area contributed by atoms with Crippen molar-refractivity contribution in [3.05, 3.63) is 46.3 Å². The molecule has 24 heavy (non-hydrogen) atoms. The Morgan fingerprint density at radius 1 is 1.21 bits per heavy atom. The Labute approximate surface area is 142 Å². The van der Waals surface area contributed by atoms with Crippen LogP contribution in [0, 0.1) is 27.7 Å². The smallest absolute Gasteiger partial charge is 0.238 e. The van der Waals surface area contributed by atoms with Gasteiger partial charge in [-0.1, -0.05) is 18.2 Å². The largest absolute Gasteiger partial charge is 0.394 e. The zero-order chi connectivity index (χ0) is 17.7. The molecule has 0 aliphatic heterocycles. The fraction of sp³-hybridized carbons (Fsp3) is 0.444. The molecule has 6 heteroatoms. The lowest BCUT2D eigenvalue weighted by Crippen LogP contribution is -2.28. The van der Waals surface area contributed by atoms with Gasteiger partial charge >= 0.3 is 0 Å². The third kappa shape index (κ3) is 4.21. The molecule has 1 aromatic heterocycles. The SMILES string of the molecule is Cc1cccc(C)c1NC(=O)CNCc1c(C)nn(CCO)c1C. The molecule has 0 bridgehead atoms. The van der Waals surface area contributed by atoms with Gasteiger partial charge in [0, 0.05) is 23.5 Å². The summed E-state index contributed by atoms with van der Waals surface area (Å²) < 4.78 is 1.79. The van der Waals surface area contributed by atoms with Gasteiger partial charge in [0.15, 0.2) is 0 Å². The van der Waals surface area contributed by atoms with Crippen molar-refractivity contribution < 1.29 is 9.90 Å². The fourth-order valence-electron chi connectivity index (χ4n) is 2.80. The van der Waals surface area contributed by atoms with Crippen molar-refractivity contribution in [3.8, 4) is 0 Å². The van der Waals surface area contributed by atoms with E-state index in [-0.39, 0.29) is 19.1 Å². The number of anilines is 1. The zero-order valence-corrected chi connectivity index (χ0v) is 14.8. The van der Waals surface area contributed by atoms with Gasteiger partial charge < -0.3 is 15.7 Å². The number of para-hydroxylation sites is 1. The number of amides is 1. The van der Waals surface area contributed by atoms with Gasteiger partial charge in [-0.2, -0.15) is 5.10 Å². The van der Waals surface area contributed by atoms with Gasteiger partial charge in [0.05, 0.1) is 25.4 Å². The van der Waals surface area contributed by atoms with Gasteiger partial charge in [-0.05, 0) is 38.8 Å². The normalized spacial score (nSPS) is 10.9. The molecule has 0 atom stereocenters. The molecule has 1 heterocycles. The molecule has 2 rings (SSSR count). The van der Waals surface area contributed by atoms with E-state index in [0.717, 1.165) is 33.8 Å². The van der Waals surface area contributed by atoms with Crippen LogP contribution in [0.2, 0.25) is 0 Å². The highest BCUT2D eigenvalue weighted by Crippen LogP contribution is 2.19. The van der Waals surface area contributed by atoms with Gasteiger partial charge in [0.1, 0.15) is 0 Å². The summed E-state index contributed by atoms with van der Waals surface area (Å²) >= 11 is 0. The molecule has 0 spiro atoms. The summed E-state index contributed by atoms with van der Waals surface area (Å²) in [5.74, 6) is -0.0644. The molecular formula is C18H26N4O2. The van der Waals surface area contributed by atoms with Crippen molar-refractivity contribution in [3.63, 3.8) is 0 Å². The second-order valence-electron chi connectivity index (χ2n) is 6.01. The Bertz CT molecular complexity index is 702. The number of aromatic nitrogens is 2. The second kappa shape index (κ2) is 8.08. The minimum atomic E-state index is -0.0644. The van der Waals surface area contributed by atoms with E-state index < -0.39 is 0 Å².